The molecule has 1 aliphatic rings. The third kappa shape index (κ3) is 6.70. The van der Waals surface area contributed by atoms with Crippen molar-refractivity contribution >= 4 is 17.5 Å². The minimum Gasteiger partial charge on any atom is -0.478 e. The summed E-state index contributed by atoms with van der Waals surface area (Å²) in [5.41, 5.74) is 1.17. The number of rotatable bonds is 7. The number of alkyl halides is 2. The topological polar surface area (TPSA) is 102 Å². The molecule has 1 saturated heterocycles. The number of urea groups is 1. The SMILES string of the molecule is CCOc1cc(NC(=O)NCc2cc(C)c(N3CC(C)OC(C)C3)nn2)cc(C(C)(F)F)n1. The number of morpholine rings is 1. The molecule has 2 atom stereocenters. The minimum atomic E-state index is -3.18. The number of carbonyl (C=O) groups is 1. The molecule has 0 spiro atoms. The van der Waals surface area contributed by atoms with Gasteiger partial charge in [0.25, 0.3) is 5.92 Å². The molecule has 0 aliphatic carbocycles. The molecule has 3 heterocycles. The Morgan fingerprint density at radius 2 is 1.94 bits per heavy atom. The van der Waals surface area contributed by atoms with E-state index < -0.39 is 17.6 Å². The molecule has 9 nitrogen and oxygen atoms in total. The first-order valence-corrected chi connectivity index (χ1v) is 10.9. The van der Waals surface area contributed by atoms with Crippen LogP contribution in [0, 0.1) is 6.92 Å². The fourth-order valence-corrected chi connectivity index (χ4v) is 3.65. The second-order valence-corrected chi connectivity index (χ2v) is 8.21. The maximum atomic E-state index is 13.7. The smallest absolute Gasteiger partial charge is 0.319 e. The van der Waals surface area contributed by atoms with E-state index >= 15 is 0 Å². The van der Waals surface area contributed by atoms with Crippen molar-refractivity contribution in [3.05, 3.63) is 35.2 Å². The van der Waals surface area contributed by atoms with Crippen molar-refractivity contribution in [2.24, 2.45) is 0 Å². The number of amides is 2. The number of hydrogen-bond acceptors (Lipinski definition) is 7. The number of aromatic nitrogens is 3. The molecule has 2 unspecified atom stereocenters. The highest BCUT2D eigenvalue weighted by atomic mass is 19.3. The molecular weight excluding hydrogens is 434 g/mol. The van der Waals surface area contributed by atoms with Gasteiger partial charge >= 0.3 is 6.03 Å². The number of halogens is 2. The predicted octanol–water partition coefficient (Wildman–Crippen LogP) is 3.63. The highest BCUT2D eigenvalue weighted by Gasteiger charge is 2.28. The average molecular weight is 465 g/mol. The number of aryl methyl sites for hydroxylation is 1. The minimum absolute atomic E-state index is 0.00987. The van der Waals surface area contributed by atoms with Gasteiger partial charge in [-0.15, -0.1) is 5.10 Å². The lowest BCUT2D eigenvalue weighted by Gasteiger charge is -2.36. The van der Waals surface area contributed by atoms with Crippen molar-refractivity contribution in [3.8, 4) is 5.88 Å². The van der Waals surface area contributed by atoms with E-state index in [0.29, 0.717) is 5.69 Å². The van der Waals surface area contributed by atoms with Gasteiger partial charge in [0, 0.05) is 31.8 Å². The van der Waals surface area contributed by atoms with Crippen molar-refractivity contribution in [2.45, 2.75) is 59.3 Å². The number of hydrogen-bond donors (Lipinski definition) is 2. The Morgan fingerprint density at radius 1 is 1.24 bits per heavy atom. The van der Waals surface area contributed by atoms with E-state index in [-0.39, 0.29) is 36.9 Å². The Morgan fingerprint density at radius 3 is 2.55 bits per heavy atom. The second kappa shape index (κ2) is 10.2. The Hall–Kier alpha value is -3.08. The van der Waals surface area contributed by atoms with Gasteiger partial charge < -0.3 is 25.0 Å². The lowest BCUT2D eigenvalue weighted by molar-refractivity contribution is -0.00555. The van der Waals surface area contributed by atoms with Crippen LogP contribution in [-0.2, 0) is 17.2 Å². The molecule has 3 rings (SSSR count). The molecule has 2 aromatic heterocycles. The molecule has 1 aliphatic heterocycles. The summed E-state index contributed by atoms with van der Waals surface area (Å²) in [7, 11) is 0. The van der Waals surface area contributed by atoms with Gasteiger partial charge in [-0.1, -0.05) is 0 Å². The zero-order chi connectivity index (χ0) is 24.2. The molecule has 11 heteroatoms. The van der Waals surface area contributed by atoms with Gasteiger partial charge in [0.05, 0.1) is 31.1 Å². The standard InChI is InChI=1S/C22H30F2N6O3/c1-6-32-19-9-16(8-18(27-19)22(5,23)24)26-21(31)25-10-17-7-13(2)20(29-28-17)30-11-14(3)33-15(4)12-30/h7-9,14-15H,6,10-12H2,1-5H3,(H2,25,26,27,31). The summed E-state index contributed by atoms with van der Waals surface area (Å²) in [4.78, 5) is 18.3. The van der Waals surface area contributed by atoms with Gasteiger partial charge in [0.15, 0.2) is 5.82 Å². The third-order valence-corrected chi connectivity index (χ3v) is 4.96. The maximum Gasteiger partial charge on any atom is 0.319 e. The van der Waals surface area contributed by atoms with Crippen molar-refractivity contribution in [3.63, 3.8) is 0 Å². The Bertz CT molecular complexity index is 975. The molecular formula is C22H30F2N6O3. The zero-order valence-electron chi connectivity index (χ0n) is 19.5. The molecule has 0 saturated carbocycles. The van der Waals surface area contributed by atoms with E-state index in [1.165, 1.54) is 6.07 Å². The van der Waals surface area contributed by atoms with E-state index in [1.54, 1.807) is 6.92 Å². The second-order valence-electron chi connectivity index (χ2n) is 8.21. The Kier molecular flexibility index (Phi) is 7.62. The first-order chi connectivity index (χ1) is 15.5. The number of nitrogens with zero attached hydrogens (tertiary/aromatic N) is 4. The molecule has 2 aromatic rings. The number of nitrogens with one attached hydrogen (secondary N) is 2. The third-order valence-electron chi connectivity index (χ3n) is 4.96. The van der Waals surface area contributed by atoms with E-state index in [4.69, 9.17) is 9.47 Å². The molecule has 0 bridgehead atoms. The van der Waals surface area contributed by atoms with Crippen molar-refractivity contribution in [2.75, 3.05) is 29.9 Å². The molecule has 33 heavy (non-hydrogen) atoms. The average Bonchev–Trinajstić information content (AvgIpc) is 2.71. The summed E-state index contributed by atoms with van der Waals surface area (Å²) in [5, 5.41) is 13.8. The highest BCUT2D eigenvalue weighted by molar-refractivity contribution is 5.89. The molecule has 0 radical (unpaired) electrons. The largest absolute Gasteiger partial charge is 0.478 e. The van der Waals surface area contributed by atoms with E-state index in [0.717, 1.165) is 37.5 Å². The number of anilines is 2. The number of carbonyl (C=O) groups excluding carboxylic acids is 1. The summed E-state index contributed by atoms with van der Waals surface area (Å²) in [5.74, 6) is -2.38. The summed E-state index contributed by atoms with van der Waals surface area (Å²) in [6, 6.07) is 3.79. The van der Waals surface area contributed by atoms with E-state index in [9.17, 15) is 13.6 Å². The molecule has 0 aromatic carbocycles. The monoisotopic (exact) mass is 464 g/mol. The number of pyridine rings is 1. The predicted molar refractivity (Wildman–Crippen MR) is 120 cm³/mol. The van der Waals surface area contributed by atoms with Crippen LogP contribution in [0.2, 0.25) is 0 Å². The quantitative estimate of drug-likeness (QED) is 0.645. The molecule has 2 N–H and O–H groups in total. The Balaban J connectivity index is 1.63. The van der Waals surface area contributed by atoms with Gasteiger partial charge in [-0.25, -0.2) is 9.78 Å². The van der Waals surface area contributed by atoms with Crippen molar-refractivity contribution < 1.29 is 23.0 Å². The first-order valence-electron chi connectivity index (χ1n) is 10.9. The van der Waals surface area contributed by atoms with Gasteiger partial charge in [0.1, 0.15) is 5.69 Å². The highest BCUT2D eigenvalue weighted by Crippen LogP contribution is 2.29. The van der Waals surface area contributed by atoms with Crippen LogP contribution in [0.1, 0.15) is 44.6 Å². The van der Waals surface area contributed by atoms with Crippen LogP contribution in [0.25, 0.3) is 0 Å². The van der Waals surface area contributed by atoms with Crippen LogP contribution in [-0.4, -0.2) is 53.1 Å². The molecule has 1 fully saturated rings. The summed E-state index contributed by atoms with van der Waals surface area (Å²) in [6.45, 7) is 10.3. The van der Waals surface area contributed by atoms with E-state index in [2.05, 4.69) is 30.7 Å². The summed E-state index contributed by atoms with van der Waals surface area (Å²) < 4.78 is 38.5. The Labute approximate surface area is 191 Å². The van der Waals surface area contributed by atoms with Crippen LogP contribution in [0.3, 0.4) is 0 Å². The van der Waals surface area contributed by atoms with Crippen LogP contribution >= 0.6 is 0 Å². The fourth-order valence-electron chi connectivity index (χ4n) is 3.65. The number of ether oxygens (including phenoxy) is 2. The van der Waals surface area contributed by atoms with Crippen molar-refractivity contribution in [1.82, 2.24) is 20.5 Å². The lowest BCUT2D eigenvalue weighted by atomic mass is 10.2. The zero-order valence-corrected chi connectivity index (χ0v) is 19.5. The van der Waals surface area contributed by atoms with Gasteiger partial charge in [-0.05, 0) is 45.4 Å². The van der Waals surface area contributed by atoms with Crippen LogP contribution in [0.4, 0.5) is 25.1 Å². The van der Waals surface area contributed by atoms with Crippen LogP contribution in [0.5, 0.6) is 5.88 Å². The van der Waals surface area contributed by atoms with E-state index in [1.807, 2.05) is 26.8 Å². The normalized spacial score (nSPS) is 18.7. The molecule has 2 amide bonds. The van der Waals surface area contributed by atoms with Crippen LogP contribution < -0.4 is 20.3 Å². The first kappa shape index (κ1) is 24.6. The van der Waals surface area contributed by atoms with Gasteiger partial charge in [-0.3, -0.25) is 0 Å². The molecule has 180 valence electrons. The maximum absolute atomic E-state index is 13.7. The summed E-state index contributed by atoms with van der Waals surface area (Å²) in [6.07, 6.45) is 0.203. The van der Waals surface area contributed by atoms with Gasteiger partial charge in [-0.2, -0.15) is 13.9 Å². The fraction of sp³-hybridized carbons (Fsp3) is 0.545. The lowest BCUT2D eigenvalue weighted by Crippen LogP contribution is -2.46. The van der Waals surface area contributed by atoms with Crippen molar-refractivity contribution in [1.29, 1.82) is 0 Å². The van der Waals surface area contributed by atoms with Crippen LogP contribution in [0.15, 0.2) is 18.2 Å². The summed E-state index contributed by atoms with van der Waals surface area (Å²) >= 11 is 0. The van der Waals surface area contributed by atoms with Gasteiger partial charge in [0.2, 0.25) is 5.88 Å².